The van der Waals surface area contributed by atoms with Crippen molar-refractivity contribution >= 4 is 5.96 Å². The van der Waals surface area contributed by atoms with E-state index in [2.05, 4.69) is 20.1 Å². The number of nitrogens with zero attached hydrogens (tertiary/aromatic N) is 3. The summed E-state index contributed by atoms with van der Waals surface area (Å²) in [6.45, 7) is 8.73. The van der Waals surface area contributed by atoms with Gasteiger partial charge in [0.25, 0.3) is 0 Å². The van der Waals surface area contributed by atoms with E-state index in [0.717, 1.165) is 63.7 Å². The maximum Gasteiger partial charge on any atom is 0.193 e. The number of nitrogens with one attached hydrogen (secondary N) is 1. The summed E-state index contributed by atoms with van der Waals surface area (Å²) in [4.78, 5) is 9.52. The molecule has 1 saturated carbocycles. The summed E-state index contributed by atoms with van der Waals surface area (Å²) < 4.78 is 5.49. The number of guanidine groups is 1. The Morgan fingerprint density at radius 2 is 1.86 bits per heavy atom. The monoisotopic (exact) mass is 308 g/mol. The summed E-state index contributed by atoms with van der Waals surface area (Å²) in [6, 6.07) is 0. The highest BCUT2D eigenvalue weighted by atomic mass is 16.5. The summed E-state index contributed by atoms with van der Waals surface area (Å²) in [7, 11) is 1.92. The van der Waals surface area contributed by atoms with E-state index in [4.69, 9.17) is 4.74 Å². The number of ether oxygens (including phenoxy) is 1. The molecular weight excluding hydrogens is 276 g/mol. The number of piperazine rings is 1. The largest absolute Gasteiger partial charge is 0.381 e. The van der Waals surface area contributed by atoms with Crippen LogP contribution in [0.1, 0.15) is 32.1 Å². The van der Waals surface area contributed by atoms with Crippen molar-refractivity contribution in [1.29, 1.82) is 0 Å². The minimum atomic E-state index is 0.756. The van der Waals surface area contributed by atoms with Crippen LogP contribution in [0.3, 0.4) is 0 Å². The molecule has 5 heteroatoms. The van der Waals surface area contributed by atoms with Crippen molar-refractivity contribution in [2.75, 3.05) is 59.5 Å². The summed E-state index contributed by atoms with van der Waals surface area (Å²) >= 11 is 0. The predicted octanol–water partition coefficient (Wildman–Crippen LogP) is 1.41. The Balaban J connectivity index is 1.38. The van der Waals surface area contributed by atoms with Crippen LogP contribution in [-0.2, 0) is 4.74 Å². The van der Waals surface area contributed by atoms with Crippen molar-refractivity contribution in [3.63, 3.8) is 0 Å². The van der Waals surface area contributed by atoms with E-state index in [1.165, 1.54) is 38.6 Å². The zero-order chi connectivity index (χ0) is 15.2. The molecule has 1 unspecified atom stereocenters. The van der Waals surface area contributed by atoms with E-state index in [-0.39, 0.29) is 0 Å². The van der Waals surface area contributed by atoms with Crippen molar-refractivity contribution in [2.45, 2.75) is 32.1 Å². The molecule has 126 valence electrons. The van der Waals surface area contributed by atoms with Gasteiger partial charge in [-0.1, -0.05) is 12.8 Å². The lowest BCUT2D eigenvalue weighted by Gasteiger charge is -2.37. The lowest BCUT2D eigenvalue weighted by atomic mass is 10.1. The third kappa shape index (κ3) is 4.35. The second kappa shape index (κ2) is 8.16. The van der Waals surface area contributed by atoms with Crippen LogP contribution in [0, 0.1) is 11.8 Å². The number of hydrogen-bond acceptors (Lipinski definition) is 3. The molecule has 0 amide bonds. The molecule has 5 nitrogen and oxygen atoms in total. The minimum Gasteiger partial charge on any atom is -0.381 e. The van der Waals surface area contributed by atoms with Crippen LogP contribution in [0.15, 0.2) is 4.99 Å². The zero-order valence-corrected chi connectivity index (χ0v) is 14.1. The third-order valence-corrected chi connectivity index (χ3v) is 5.45. The number of rotatable bonds is 4. The van der Waals surface area contributed by atoms with Crippen molar-refractivity contribution in [3.05, 3.63) is 0 Å². The van der Waals surface area contributed by atoms with E-state index in [9.17, 15) is 0 Å². The third-order valence-electron chi connectivity index (χ3n) is 5.45. The molecule has 0 spiro atoms. The SMILES string of the molecule is CN=C(NCC1CCCC1)N1CCN(CC2CCOC2)CC1. The van der Waals surface area contributed by atoms with Gasteiger partial charge in [0.05, 0.1) is 6.61 Å². The summed E-state index contributed by atoms with van der Waals surface area (Å²) in [5.41, 5.74) is 0. The average molecular weight is 308 g/mol. The van der Waals surface area contributed by atoms with E-state index in [1.807, 2.05) is 7.05 Å². The Morgan fingerprint density at radius 1 is 1.09 bits per heavy atom. The minimum absolute atomic E-state index is 0.756. The Hall–Kier alpha value is -0.810. The van der Waals surface area contributed by atoms with Gasteiger partial charge < -0.3 is 15.0 Å². The molecule has 2 saturated heterocycles. The quantitative estimate of drug-likeness (QED) is 0.630. The van der Waals surface area contributed by atoms with E-state index < -0.39 is 0 Å². The van der Waals surface area contributed by atoms with Gasteiger partial charge >= 0.3 is 0 Å². The summed E-state index contributed by atoms with van der Waals surface area (Å²) in [5, 5.41) is 3.61. The van der Waals surface area contributed by atoms with Gasteiger partial charge in [-0.2, -0.15) is 0 Å². The molecule has 2 heterocycles. The van der Waals surface area contributed by atoms with Crippen molar-refractivity contribution < 1.29 is 4.74 Å². The first-order chi connectivity index (χ1) is 10.8. The lowest BCUT2D eigenvalue weighted by Crippen LogP contribution is -2.53. The lowest BCUT2D eigenvalue weighted by molar-refractivity contribution is 0.139. The van der Waals surface area contributed by atoms with Gasteiger partial charge in [0.1, 0.15) is 0 Å². The van der Waals surface area contributed by atoms with Gasteiger partial charge in [0, 0.05) is 52.9 Å². The van der Waals surface area contributed by atoms with Crippen LogP contribution < -0.4 is 5.32 Å². The summed E-state index contributed by atoms with van der Waals surface area (Å²) in [6.07, 6.45) is 6.84. The Labute approximate surface area is 135 Å². The maximum absolute atomic E-state index is 5.49. The molecule has 3 fully saturated rings. The van der Waals surface area contributed by atoms with E-state index in [0.29, 0.717) is 0 Å². The molecule has 22 heavy (non-hydrogen) atoms. The molecule has 0 aromatic rings. The molecule has 0 aromatic carbocycles. The second-order valence-electron chi connectivity index (χ2n) is 7.10. The first kappa shape index (κ1) is 16.1. The standard InChI is InChI=1S/C17H32N4O/c1-18-17(19-12-15-4-2-3-5-15)21-9-7-20(8-10-21)13-16-6-11-22-14-16/h15-16H,2-14H2,1H3,(H,18,19). The smallest absolute Gasteiger partial charge is 0.193 e. The maximum atomic E-state index is 5.49. The number of hydrogen-bond donors (Lipinski definition) is 1. The number of aliphatic imine (C=N–C) groups is 1. The van der Waals surface area contributed by atoms with Crippen LogP contribution >= 0.6 is 0 Å². The van der Waals surface area contributed by atoms with Crippen LogP contribution in [-0.4, -0.2) is 75.3 Å². The van der Waals surface area contributed by atoms with Gasteiger partial charge in [0.15, 0.2) is 5.96 Å². The Morgan fingerprint density at radius 3 is 2.50 bits per heavy atom. The predicted molar refractivity (Wildman–Crippen MR) is 90.3 cm³/mol. The van der Waals surface area contributed by atoms with Gasteiger partial charge in [-0.25, -0.2) is 0 Å². The first-order valence-corrected chi connectivity index (χ1v) is 9.11. The fraction of sp³-hybridized carbons (Fsp3) is 0.941. The van der Waals surface area contributed by atoms with Crippen LogP contribution in [0.2, 0.25) is 0 Å². The average Bonchev–Trinajstić information content (AvgIpc) is 3.23. The van der Waals surface area contributed by atoms with Gasteiger partial charge in [0.2, 0.25) is 0 Å². The highest BCUT2D eigenvalue weighted by Gasteiger charge is 2.24. The highest BCUT2D eigenvalue weighted by Crippen LogP contribution is 2.23. The molecule has 3 rings (SSSR count). The van der Waals surface area contributed by atoms with E-state index in [1.54, 1.807) is 0 Å². The molecule has 1 atom stereocenters. The Bertz CT molecular complexity index is 354. The topological polar surface area (TPSA) is 40.1 Å². The highest BCUT2D eigenvalue weighted by molar-refractivity contribution is 5.80. The molecule has 0 radical (unpaired) electrons. The summed E-state index contributed by atoms with van der Waals surface area (Å²) in [5.74, 6) is 2.72. The molecule has 2 aliphatic heterocycles. The van der Waals surface area contributed by atoms with Gasteiger partial charge in [-0.05, 0) is 31.1 Å². The molecule has 0 bridgehead atoms. The molecule has 1 aliphatic carbocycles. The first-order valence-electron chi connectivity index (χ1n) is 9.11. The van der Waals surface area contributed by atoms with Gasteiger partial charge in [-0.3, -0.25) is 9.89 Å². The fourth-order valence-corrected chi connectivity index (χ4v) is 4.02. The normalized spacial score (nSPS) is 28.5. The van der Waals surface area contributed by atoms with Crippen LogP contribution in [0.5, 0.6) is 0 Å². The molecular formula is C17H32N4O. The molecule has 0 aromatic heterocycles. The van der Waals surface area contributed by atoms with Crippen LogP contribution in [0.25, 0.3) is 0 Å². The van der Waals surface area contributed by atoms with Gasteiger partial charge in [-0.15, -0.1) is 0 Å². The molecule has 1 N–H and O–H groups in total. The Kier molecular flexibility index (Phi) is 5.96. The van der Waals surface area contributed by atoms with Crippen LogP contribution in [0.4, 0.5) is 0 Å². The fourth-order valence-electron chi connectivity index (χ4n) is 4.02. The molecule has 3 aliphatic rings. The van der Waals surface area contributed by atoms with Crippen molar-refractivity contribution in [1.82, 2.24) is 15.1 Å². The van der Waals surface area contributed by atoms with Crippen molar-refractivity contribution in [3.8, 4) is 0 Å². The van der Waals surface area contributed by atoms with Crippen molar-refractivity contribution in [2.24, 2.45) is 16.8 Å². The second-order valence-corrected chi connectivity index (χ2v) is 7.10. The van der Waals surface area contributed by atoms with E-state index >= 15 is 0 Å². The zero-order valence-electron chi connectivity index (χ0n) is 14.1.